The molecule has 0 aliphatic rings. The number of hydrogen-bond acceptors (Lipinski definition) is 1. The van der Waals surface area contributed by atoms with Crippen LogP contribution in [0.5, 0.6) is 0 Å². The van der Waals surface area contributed by atoms with E-state index in [9.17, 15) is 4.79 Å². The number of hydrogen-bond donors (Lipinski definition) is 1. The minimum atomic E-state index is -0.112. The van der Waals surface area contributed by atoms with E-state index in [1.54, 1.807) is 29.2 Å². The second-order valence-electron chi connectivity index (χ2n) is 4.44. The fourth-order valence-corrected chi connectivity index (χ4v) is 1.99. The van der Waals surface area contributed by atoms with Gasteiger partial charge in [-0.25, -0.2) is 4.79 Å². The normalized spacial score (nSPS) is 10.1. The van der Waals surface area contributed by atoms with Gasteiger partial charge in [-0.05, 0) is 36.8 Å². The molecular formula is C16H17ClN2O. The number of anilines is 1. The van der Waals surface area contributed by atoms with Crippen LogP contribution in [0.15, 0.2) is 54.6 Å². The Labute approximate surface area is 124 Å². The molecule has 20 heavy (non-hydrogen) atoms. The molecule has 3 nitrogen and oxygen atoms in total. The van der Waals surface area contributed by atoms with Crippen molar-refractivity contribution in [2.24, 2.45) is 0 Å². The lowest BCUT2D eigenvalue weighted by molar-refractivity contribution is 0.212. The zero-order chi connectivity index (χ0) is 14.4. The Morgan fingerprint density at radius 3 is 2.35 bits per heavy atom. The summed E-state index contributed by atoms with van der Waals surface area (Å²) in [6, 6.07) is 16.9. The van der Waals surface area contributed by atoms with Crippen LogP contribution in [0.4, 0.5) is 10.5 Å². The highest BCUT2D eigenvalue weighted by atomic mass is 35.5. The summed E-state index contributed by atoms with van der Waals surface area (Å²) in [7, 11) is 0. The minimum Gasteiger partial charge on any atom is -0.320 e. The standard InChI is InChI=1S/C16H17ClN2O/c1-2-19(12-13-6-4-3-5-7-13)16(20)18-15-10-8-14(17)9-11-15/h3-11H,2,12H2,1H3,(H,18,20). The Hall–Kier alpha value is -2.00. The predicted octanol–water partition coefficient (Wildman–Crippen LogP) is 4.39. The van der Waals surface area contributed by atoms with E-state index in [1.807, 2.05) is 37.3 Å². The average molecular weight is 289 g/mol. The van der Waals surface area contributed by atoms with Crippen LogP contribution < -0.4 is 5.32 Å². The van der Waals surface area contributed by atoms with Crippen LogP contribution in [0.1, 0.15) is 12.5 Å². The molecule has 4 heteroatoms. The Morgan fingerprint density at radius 1 is 1.10 bits per heavy atom. The number of halogens is 1. The molecule has 0 aliphatic carbocycles. The molecule has 0 unspecified atom stereocenters. The number of nitrogens with zero attached hydrogens (tertiary/aromatic N) is 1. The van der Waals surface area contributed by atoms with E-state index < -0.39 is 0 Å². The predicted molar refractivity (Wildman–Crippen MR) is 83.0 cm³/mol. The van der Waals surface area contributed by atoms with Gasteiger partial charge in [0.2, 0.25) is 0 Å². The lowest BCUT2D eigenvalue weighted by atomic mass is 10.2. The summed E-state index contributed by atoms with van der Waals surface area (Å²) < 4.78 is 0. The number of urea groups is 1. The van der Waals surface area contributed by atoms with Crippen LogP contribution in [0.2, 0.25) is 5.02 Å². The minimum absolute atomic E-state index is 0.112. The van der Waals surface area contributed by atoms with E-state index >= 15 is 0 Å². The highest BCUT2D eigenvalue weighted by Crippen LogP contribution is 2.14. The molecule has 2 aromatic rings. The van der Waals surface area contributed by atoms with Gasteiger partial charge in [0.15, 0.2) is 0 Å². The fraction of sp³-hybridized carbons (Fsp3) is 0.188. The number of amides is 2. The molecule has 0 saturated carbocycles. The maximum atomic E-state index is 12.2. The van der Waals surface area contributed by atoms with Crippen molar-refractivity contribution in [1.29, 1.82) is 0 Å². The summed E-state index contributed by atoms with van der Waals surface area (Å²) in [5.41, 5.74) is 1.85. The lowest BCUT2D eigenvalue weighted by Gasteiger charge is -2.21. The lowest BCUT2D eigenvalue weighted by Crippen LogP contribution is -2.34. The fourth-order valence-electron chi connectivity index (χ4n) is 1.87. The number of rotatable bonds is 4. The molecule has 2 amide bonds. The molecule has 0 heterocycles. The summed E-state index contributed by atoms with van der Waals surface area (Å²) in [6.07, 6.45) is 0. The molecule has 0 aromatic heterocycles. The zero-order valence-corrected chi connectivity index (χ0v) is 12.1. The molecule has 1 N–H and O–H groups in total. The van der Waals surface area contributed by atoms with Crippen molar-refractivity contribution in [1.82, 2.24) is 4.90 Å². The Balaban J connectivity index is 2.00. The first-order chi connectivity index (χ1) is 9.69. The first-order valence-corrected chi connectivity index (χ1v) is 6.92. The monoisotopic (exact) mass is 288 g/mol. The molecule has 104 valence electrons. The van der Waals surface area contributed by atoms with E-state index in [1.165, 1.54) is 0 Å². The second kappa shape index (κ2) is 6.96. The van der Waals surface area contributed by atoms with Crippen LogP contribution in [-0.4, -0.2) is 17.5 Å². The number of carbonyl (C=O) groups is 1. The van der Waals surface area contributed by atoms with Crippen LogP contribution in [0.3, 0.4) is 0 Å². The molecular weight excluding hydrogens is 272 g/mol. The van der Waals surface area contributed by atoms with Crippen LogP contribution in [0.25, 0.3) is 0 Å². The number of nitrogens with one attached hydrogen (secondary N) is 1. The number of carbonyl (C=O) groups excluding carboxylic acids is 1. The molecule has 0 atom stereocenters. The third-order valence-corrected chi connectivity index (χ3v) is 3.23. The van der Waals surface area contributed by atoms with Crippen LogP contribution >= 0.6 is 11.6 Å². The smallest absolute Gasteiger partial charge is 0.320 e. The van der Waals surface area contributed by atoms with Gasteiger partial charge in [-0.15, -0.1) is 0 Å². The summed E-state index contributed by atoms with van der Waals surface area (Å²) in [6.45, 7) is 3.20. The van der Waals surface area contributed by atoms with Gasteiger partial charge in [0, 0.05) is 23.8 Å². The second-order valence-corrected chi connectivity index (χ2v) is 4.87. The topological polar surface area (TPSA) is 32.3 Å². The first kappa shape index (κ1) is 14.4. The van der Waals surface area contributed by atoms with Gasteiger partial charge in [0.05, 0.1) is 0 Å². The third-order valence-electron chi connectivity index (χ3n) is 2.98. The van der Waals surface area contributed by atoms with Gasteiger partial charge < -0.3 is 10.2 Å². The van der Waals surface area contributed by atoms with Crippen LogP contribution in [-0.2, 0) is 6.54 Å². The molecule has 0 fully saturated rings. The zero-order valence-electron chi connectivity index (χ0n) is 11.3. The van der Waals surface area contributed by atoms with E-state index in [-0.39, 0.29) is 6.03 Å². The van der Waals surface area contributed by atoms with Gasteiger partial charge in [-0.1, -0.05) is 41.9 Å². The highest BCUT2D eigenvalue weighted by molar-refractivity contribution is 6.30. The maximum absolute atomic E-state index is 12.2. The van der Waals surface area contributed by atoms with Gasteiger partial charge in [-0.2, -0.15) is 0 Å². The Kier molecular flexibility index (Phi) is 5.02. The molecule has 0 saturated heterocycles. The molecule has 0 spiro atoms. The summed E-state index contributed by atoms with van der Waals surface area (Å²) in [5, 5.41) is 3.52. The Morgan fingerprint density at radius 2 is 1.75 bits per heavy atom. The van der Waals surface area contributed by atoms with Crippen molar-refractivity contribution in [2.75, 3.05) is 11.9 Å². The molecule has 0 radical (unpaired) electrons. The summed E-state index contributed by atoms with van der Waals surface area (Å²) >= 11 is 5.82. The van der Waals surface area contributed by atoms with Gasteiger partial charge in [0.1, 0.15) is 0 Å². The quantitative estimate of drug-likeness (QED) is 0.889. The van der Waals surface area contributed by atoms with Crippen molar-refractivity contribution in [3.63, 3.8) is 0 Å². The van der Waals surface area contributed by atoms with Crippen molar-refractivity contribution >= 4 is 23.3 Å². The van der Waals surface area contributed by atoms with Crippen LogP contribution in [0, 0.1) is 0 Å². The maximum Gasteiger partial charge on any atom is 0.322 e. The average Bonchev–Trinajstić information content (AvgIpc) is 2.48. The summed E-state index contributed by atoms with van der Waals surface area (Å²) in [4.78, 5) is 14.0. The molecule has 0 aliphatic heterocycles. The van der Waals surface area contributed by atoms with E-state index in [2.05, 4.69) is 5.32 Å². The number of benzene rings is 2. The molecule has 2 aromatic carbocycles. The van der Waals surface area contributed by atoms with Gasteiger partial charge in [0.25, 0.3) is 0 Å². The molecule has 0 bridgehead atoms. The van der Waals surface area contributed by atoms with E-state index in [0.717, 1.165) is 11.3 Å². The largest absolute Gasteiger partial charge is 0.322 e. The third kappa shape index (κ3) is 4.00. The summed E-state index contributed by atoms with van der Waals surface area (Å²) in [5.74, 6) is 0. The Bertz CT molecular complexity index is 554. The molecule has 2 rings (SSSR count). The van der Waals surface area contributed by atoms with Gasteiger partial charge >= 0.3 is 6.03 Å². The van der Waals surface area contributed by atoms with E-state index in [4.69, 9.17) is 11.6 Å². The van der Waals surface area contributed by atoms with Crippen molar-refractivity contribution in [3.05, 3.63) is 65.2 Å². The van der Waals surface area contributed by atoms with Crippen molar-refractivity contribution < 1.29 is 4.79 Å². The van der Waals surface area contributed by atoms with E-state index in [0.29, 0.717) is 18.1 Å². The van der Waals surface area contributed by atoms with Crippen molar-refractivity contribution in [2.45, 2.75) is 13.5 Å². The highest BCUT2D eigenvalue weighted by Gasteiger charge is 2.11. The van der Waals surface area contributed by atoms with Crippen molar-refractivity contribution in [3.8, 4) is 0 Å². The van der Waals surface area contributed by atoms with Gasteiger partial charge in [-0.3, -0.25) is 0 Å². The SMILES string of the molecule is CCN(Cc1ccccc1)C(=O)Nc1ccc(Cl)cc1. The first-order valence-electron chi connectivity index (χ1n) is 6.54.